The van der Waals surface area contributed by atoms with Crippen molar-refractivity contribution in [2.24, 2.45) is 0 Å². The SMILES string of the molecule is CCOC(=O)C[C@H]1C(=O)NCCN1Cc1cccc(Oc2ccccc2)c1. The van der Waals surface area contributed by atoms with Gasteiger partial charge in [0.25, 0.3) is 0 Å². The van der Waals surface area contributed by atoms with Gasteiger partial charge >= 0.3 is 5.97 Å². The molecular formula is C21H24N2O4. The quantitative estimate of drug-likeness (QED) is 0.761. The second kappa shape index (κ2) is 9.19. The number of benzene rings is 2. The summed E-state index contributed by atoms with van der Waals surface area (Å²) in [6.07, 6.45) is 0.0554. The molecule has 2 aromatic rings. The zero-order chi connectivity index (χ0) is 19.1. The standard InChI is InChI=1S/C21H24N2O4/c1-2-26-20(24)14-19-21(25)22-11-12-23(19)15-16-7-6-10-18(13-16)27-17-8-4-3-5-9-17/h3-10,13,19H,2,11-12,14-15H2,1H3,(H,22,25)/t19-/m0/s1. The van der Waals surface area contributed by atoms with Crippen LogP contribution in [0.1, 0.15) is 18.9 Å². The first-order valence-electron chi connectivity index (χ1n) is 9.15. The number of carbonyl (C=O) groups excluding carboxylic acids is 2. The van der Waals surface area contributed by atoms with Crippen molar-refractivity contribution >= 4 is 11.9 Å². The van der Waals surface area contributed by atoms with Gasteiger partial charge in [0.15, 0.2) is 0 Å². The van der Waals surface area contributed by atoms with Crippen LogP contribution in [0.2, 0.25) is 0 Å². The molecule has 0 aliphatic carbocycles. The van der Waals surface area contributed by atoms with E-state index >= 15 is 0 Å². The Hall–Kier alpha value is -2.86. The van der Waals surface area contributed by atoms with Crippen molar-refractivity contribution in [1.29, 1.82) is 0 Å². The predicted molar refractivity (Wildman–Crippen MR) is 101 cm³/mol. The molecule has 0 spiro atoms. The Morgan fingerprint density at radius 1 is 1.15 bits per heavy atom. The number of nitrogens with one attached hydrogen (secondary N) is 1. The van der Waals surface area contributed by atoms with Gasteiger partial charge in [-0.2, -0.15) is 0 Å². The van der Waals surface area contributed by atoms with Gasteiger partial charge in [0.1, 0.15) is 17.5 Å². The zero-order valence-electron chi connectivity index (χ0n) is 15.4. The molecule has 6 heteroatoms. The molecule has 0 bridgehead atoms. The topological polar surface area (TPSA) is 67.9 Å². The van der Waals surface area contributed by atoms with Gasteiger partial charge in [-0.25, -0.2) is 0 Å². The Morgan fingerprint density at radius 3 is 2.70 bits per heavy atom. The van der Waals surface area contributed by atoms with E-state index in [4.69, 9.17) is 9.47 Å². The minimum absolute atomic E-state index is 0.0554. The number of amides is 1. The Labute approximate surface area is 159 Å². The lowest BCUT2D eigenvalue weighted by molar-refractivity contribution is -0.148. The summed E-state index contributed by atoms with van der Waals surface area (Å²) in [5, 5.41) is 2.83. The van der Waals surface area contributed by atoms with Crippen molar-refractivity contribution in [2.75, 3.05) is 19.7 Å². The van der Waals surface area contributed by atoms with Crippen LogP contribution < -0.4 is 10.1 Å². The van der Waals surface area contributed by atoms with E-state index in [9.17, 15) is 9.59 Å². The molecule has 0 unspecified atom stereocenters. The maximum absolute atomic E-state index is 12.3. The lowest BCUT2D eigenvalue weighted by Gasteiger charge is -2.34. The fourth-order valence-corrected chi connectivity index (χ4v) is 3.12. The number of nitrogens with zero attached hydrogens (tertiary/aromatic N) is 1. The summed E-state index contributed by atoms with van der Waals surface area (Å²) in [4.78, 5) is 26.1. The van der Waals surface area contributed by atoms with Crippen LogP contribution in [0.4, 0.5) is 0 Å². The average Bonchev–Trinajstić information content (AvgIpc) is 2.66. The molecule has 1 amide bonds. The fraction of sp³-hybridized carbons (Fsp3) is 0.333. The van der Waals surface area contributed by atoms with E-state index in [1.54, 1.807) is 6.92 Å². The van der Waals surface area contributed by atoms with E-state index in [0.29, 0.717) is 26.2 Å². The third-order valence-corrected chi connectivity index (χ3v) is 4.37. The normalized spacial score (nSPS) is 17.2. The van der Waals surface area contributed by atoms with Crippen molar-refractivity contribution in [2.45, 2.75) is 25.9 Å². The molecule has 0 radical (unpaired) electrons. The molecule has 27 heavy (non-hydrogen) atoms. The molecule has 0 saturated carbocycles. The summed E-state index contributed by atoms with van der Waals surface area (Å²) in [6.45, 7) is 3.88. The van der Waals surface area contributed by atoms with E-state index < -0.39 is 6.04 Å². The Balaban J connectivity index is 1.69. The molecule has 1 heterocycles. The van der Waals surface area contributed by atoms with E-state index in [0.717, 1.165) is 17.1 Å². The number of hydrogen-bond acceptors (Lipinski definition) is 5. The molecule has 142 valence electrons. The van der Waals surface area contributed by atoms with Crippen molar-refractivity contribution in [1.82, 2.24) is 10.2 Å². The monoisotopic (exact) mass is 368 g/mol. The number of rotatable bonds is 7. The second-order valence-electron chi connectivity index (χ2n) is 6.35. The summed E-state index contributed by atoms with van der Waals surface area (Å²) in [6, 6.07) is 16.8. The van der Waals surface area contributed by atoms with Crippen LogP contribution in [0, 0.1) is 0 Å². The number of esters is 1. The maximum atomic E-state index is 12.3. The summed E-state index contributed by atoms with van der Waals surface area (Å²) < 4.78 is 10.9. The first kappa shape index (κ1) is 18.9. The van der Waals surface area contributed by atoms with Crippen molar-refractivity contribution in [3.05, 3.63) is 60.2 Å². The van der Waals surface area contributed by atoms with Crippen molar-refractivity contribution in [3.8, 4) is 11.5 Å². The minimum atomic E-state index is -0.517. The van der Waals surface area contributed by atoms with Crippen LogP contribution in [0.25, 0.3) is 0 Å². The molecule has 1 atom stereocenters. The van der Waals surface area contributed by atoms with Gasteiger partial charge in [0, 0.05) is 19.6 Å². The second-order valence-corrected chi connectivity index (χ2v) is 6.35. The van der Waals surface area contributed by atoms with Crippen LogP contribution in [0.5, 0.6) is 11.5 Å². The average molecular weight is 368 g/mol. The number of piperazine rings is 1. The van der Waals surface area contributed by atoms with Gasteiger partial charge < -0.3 is 14.8 Å². The van der Waals surface area contributed by atoms with E-state index in [2.05, 4.69) is 5.32 Å². The highest BCUT2D eigenvalue weighted by Crippen LogP contribution is 2.23. The van der Waals surface area contributed by atoms with Crippen LogP contribution in [0.15, 0.2) is 54.6 Å². The first-order chi connectivity index (χ1) is 13.2. The summed E-state index contributed by atoms with van der Waals surface area (Å²) >= 11 is 0. The van der Waals surface area contributed by atoms with Crippen LogP contribution in [0.3, 0.4) is 0 Å². The van der Waals surface area contributed by atoms with Gasteiger partial charge in [-0.1, -0.05) is 30.3 Å². The largest absolute Gasteiger partial charge is 0.466 e. The van der Waals surface area contributed by atoms with Crippen LogP contribution >= 0.6 is 0 Å². The Kier molecular flexibility index (Phi) is 6.44. The molecule has 1 N–H and O–H groups in total. The Morgan fingerprint density at radius 2 is 1.93 bits per heavy atom. The van der Waals surface area contributed by atoms with Crippen LogP contribution in [-0.2, 0) is 20.9 Å². The molecular weight excluding hydrogens is 344 g/mol. The smallest absolute Gasteiger partial charge is 0.307 e. The molecule has 3 rings (SSSR count). The zero-order valence-corrected chi connectivity index (χ0v) is 15.4. The summed E-state index contributed by atoms with van der Waals surface area (Å²) in [5.41, 5.74) is 1.02. The fourth-order valence-electron chi connectivity index (χ4n) is 3.12. The van der Waals surface area contributed by atoms with Gasteiger partial charge in [-0.15, -0.1) is 0 Å². The lowest BCUT2D eigenvalue weighted by atomic mass is 10.1. The molecule has 1 saturated heterocycles. The van der Waals surface area contributed by atoms with Crippen LogP contribution in [-0.4, -0.2) is 42.5 Å². The number of carbonyl (C=O) groups is 2. The highest BCUT2D eigenvalue weighted by Gasteiger charge is 2.32. The van der Waals surface area contributed by atoms with Gasteiger partial charge in [-0.3, -0.25) is 14.5 Å². The third-order valence-electron chi connectivity index (χ3n) is 4.37. The molecule has 6 nitrogen and oxygen atoms in total. The first-order valence-corrected chi connectivity index (χ1v) is 9.15. The number of hydrogen-bond donors (Lipinski definition) is 1. The molecule has 1 fully saturated rings. The van der Waals surface area contributed by atoms with Crippen molar-refractivity contribution in [3.63, 3.8) is 0 Å². The molecule has 1 aliphatic rings. The molecule has 1 aliphatic heterocycles. The van der Waals surface area contributed by atoms with E-state index in [1.165, 1.54) is 0 Å². The summed E-state index contributed by atoms with van der Waals surface area (Å²) in [5.74, 6) is 1.02. The van der Waals surface area contributed by atoms with Gasteiger partial charge in [0.2, 0.25) is 5.91 Å². The van der Waals surface area contributed by atoms with E-state index in [-0.39, 0.29) is 18.3 Å². The van der Waals surface area contributed by atoms with Gasteiger partial charge in [0.05, 0.1) is 13.0 Å². The Bertz CT molecular complexity index is 779. The maximum Gasteiger partial charge on any atom is 0.307 e. The van der Waals surface area contributed by atoms with E-state index in [1.807, 2.05) is 59.5 Å². The van der Waals surface area contributed by atoms with Gasteiger partial charge in [-0.05, 0) is 36.8 Å². The highest BCUT2D eigenvalue weighted by atomic mass is 16.5. The summed E-state index contributed by atoms with van der Waals surface area (Å²) in [7, 11) is 0. The van der Waals surface area contributed by atoms with Crippen molar-refractivity contribution < 1.29 is 19.1 Å². The number of para-hydroxylation sites is 1. The predicted octanol–water partition coefficient (Wildman–Crippen LogP) is 2.73. The third kappa shape index (κ3) is 5.31. The molecule has 0 aromatic heterocycles. The number of ether oxygens (including phenoxy) is 2. The molecule has 2 aromatic carbocycles. The lowest BCUT2D eigenvalue weighted by Crippen LogP contribution is -2.55. The minimum Gasteiger partial charge on any atom is -0.466 e. The highest BCUT2D eigenvalue weighted by molar-refractivity contribution is 5.87.